The van der Waals surface area contributed by atoms with Gasteiger partial charge in [0.15, 0.2) is 0 Å². The molecule has 1 saturated heterocycles. The van der Waals surface area contributed by atoms with Gasteiger partial charge in [-0.3, -0.25) is 14.5 Å². The van der Waals surface area contributed by atoms with Crippen LogP contribution >= 0.6 is 0 Å². The van der Waals surface area contributed by atoms with E-state index < -0.39 is 0 Å². The number of ether oxygens (including phenoxy) is 2. The lowest BCUT2D eigenvalue weighted by atomic mass is 10.1. The Labute approximate surface area is 137 Å². The van der Waals surface area contributed by atoms with Crippen LogP contribution in [-0.4, -0.2) is 68.1 Å². The maximum atomic E-state index is 12.6. The van der Waals surface area contributed by atoms with Crippen molar-refractivity contribution in [2.45, 2.75) is 13.8 Å². The smallest absolute Gasteiger partial charge is 0.320 e. The van der Waals surface area contributed by atoms with Gasteiger partial charge in [0.2, 0.25) is 0 Å². The van der Waals surface area contributed by atoms with Gasteiger partial charge in [-0.15, -0.1) is 0 Å². The van der Waals surface area contributed by atoms with Gasteiger partial charge < -0.3 is 14.4 Å². The normalized spacial score (nSPS) is 15.3. The van der Waals surface area contributed by atoms with Crippen LogP contribution in [0.2, 0.25) is 0 Å². The largest absolute Gasteiger partial charge is 0.496 e. The quantitative estimate of drug-likeness (QED) is 0.766. The van der Waals surface area contributed by atoms with E-state index in [9.17, 15) is 9.59 Å². The molecule has 6 nitrogen and oxygen atoms in total. The van der Waals surface area contributed by atoms with E-state index in [4.69, 9.17) is 9.47 Å². The highest BCUT2D eigenvalue weighted by Crippen LogP contribution is 2.20. The monoisotopic (exact) mass is 320 g/mol. The molecule has 0 unspecified atom stereocenters. The Kier molecular flexibility index (Phi) is 5.98. The van der Waals surface area contributed by atoms with Crippen LogP contribution in [0.1, 0.15) is 22.8 Å². The number of benzene rings is 1. The third-order valence-electron chi connectivity index (χ3n) is 3.97. The van der Waals surface area contributed by atoms with E-state index in [1.54, 1.807) is 20.1 Å². The lowest BCUT2D eigenvalue weighted by Gasteiger charge is -2.34. The molecule has 1 amide bonds. The molecule has 1 heterocycles. The van der Waals surface area contributed by atoms with Gasteiger partial charge in [-0.1, -0.05) is 6.07 Å². The number of aryl methyl sites for hydroxylation is 1. The fraction of sp³-hybridized carbons (Fsp3) is 0.529. The van der Waals surface area contributed by atoms with Gasteiger partial charge in [0.05, 0.1) is 20.3 Å². The maximum Gasteiger partial charge on any atom is 0.320 e. The summed E-state index contributed by atoms with van der Waals surface area (Å²) in [5.41, 5.74) is 1.63. The highest BCUT2D eigenvalue weighted by Gasteiger charge is 2.24. The zero-order chi connectivity index (χ0) is 16.8. The van der Waals surface area contributed by atoms with E-state index in [0.29, 0.717) is 38.3 Å². The molecule has 0 aromatic heterocycles. The van der Waals surface area contributed by atoms with Gasteiger partial charge in [0, 0.05) is 31.7 Å². The summed E-state index contributed by atoms with van der Waals surface area (Å²) in [7, 11) is 1.60. The van der Waals surface area contributed by atoms with Crippen molar-refractivity contribution < 1.29 is 19.1 Å². The highest BCUT2D eigenvalue weighted by molar-refractivity contribution is 5.94. The van der Waals surface area contributed by atoms with Gasteiger partial charge in [0.1, 0.15) is 5.75 Å². The van der Waals surface area contributed by atoms with E-state index in [1.807, 2.05) is 28.9 Å². The zero-order valence-corrected chi connectivity index (χ0v) is 14.0. The van der Waals surface area contributed by atoms with Gasteiger partial charge in [0.25, 0.3) is 5.91 Å². The van der Waals surface area contributed by atoms with Crippen molar-refractivity contribution in [3.05, 3.63) is 29.3 Å². The number of methoxy groups -OCH3 is 1. The van der Waals surface area contributed by atoms with Crippen LogP contribution in [0, 0.1) is 6.92 Å². The van der Waals surface area contributed by atoms with Gasteiger partial charge in [-0.25, -0.2) is 0 Å². The Bertz CT molecular complexity index is 566. The molecule has 1 aromatic rings. The van der Waals surface area contributed by atoms with Crippen LogP contribution in [0.25, 0.3) is 0 Å². The minimum atomic E-state index is -0.212. The Hall–Kier alpha value is -2.08. The topological polar surface area (TPSA) is 59.1 Å². The second-order valence-electron chi connectivity index (χ2n) is 5.56. The minimum absolute atomic E-state index is 0.000847. The van der Waals surface area contributed by atoms with Crippen LogP contribution in [0.15, 0.2) is 18.2 Å². The number of carbonyl (C=O) groups is 2. The average Bonchev–Trinajstić information content (AvgIpc) is 2.55. The lowest BCUT2D eigenvalue weighted by Crippen LogP contribution is -2.50. The second kappa shape index (κ2) is 7.97. The molecule has 0 atom stereocenters. The van der Waals surface area contributed by atoms with Crippen molar-refractivity contribution in [1.82, 2.24) is 9.80 Å². The number of carbonyl (C=O) groups excluding carboxylic acids is 2. The molecular weight excluding hydrogens is 296 g/mol. The van der Waals surface area contributed by atoms with Crippen molar-refractivity contribution in [3.63, 3.8) is 0 Å². The highest BCUT2D eigenvalue weighted by atomic mass is 16.5. The predicted octanol–water partition coefficient (Wildman–Crippen LogP) is 1.32. The summed E-state index contributed by atoms with van der Waals surface area (Å²) in [4.78, 5) is 27.9. The summed E-state index contributed by atoms with van der Waals surface area (Å²) in [6.45, 7) is 6.98. The molecular formula is C17H24N2O4. The summed E-state index contributed by atoms with van der Waals surface area (Å²) < 4.78 is 10.2. The first-order valence-corrected chi connectivity index (χ1v) is 7.87. The fourth-order valence-corrected chi connectivity index (χ4v) is 2.63. The standard InChI is InChI=1S/C17H24N2O4/c1-4-23-16(20)12-18-7-9-19(10-8-18)17(21)14-6-5-13(2)15(11-14)22-3/h5-6,11H,4,7-10,12H2,1-3H3. The summed E-state index contributed by atoms with van der Waals surface area (Å²) >= 11 is 0. The Balaban J connectivity index is 1.92. The molecule has 23 heavy (non-hydrogen) atoms. The first-order chi connectivity index (χ1) is 11.0. The van der Waals surface area contributed by atoms with E-state index in [-0.39, 0.29) is 18.4 Å². The van der Waals surface area contributed by atoms with Crippen LogP contribution in [0.3, 0.4) is 0 Å². The van der Waals surface area contributed by atoms with Gasteiger partial charge in [-0.2, -0.15) is 0 Å². The average molecular weight is 320 g/mol. The molecule has 0 N–H and O–H groups in total. The van der Waals surface area contributed by atoms with E-state index in [1.165, 1.54) is 0 Å². The third kappa shape index (κ3) is 4.45. The second-order valence-corrected chi connectivity index (χ2v) is 5.56. The third-order valence-corrected chi connectivity index (χ3v) is 3.97. The summed E-state index contributed by atoms with van der Waals surface area (Å²) in [6, 6.07) is 5.50. The molecule has 6 heteroatoms. The number of hydrogen-bond donors (Lipinski definition) is 0. The molecule has 1 aliphatic heterocycles. The molecule has 1 aromatic carbocycles. The Morgan fingerprint density at radius 1 is 1.17 bits per heavy atom. The van der Waals surface area contributed by atoms with Gasteiger partial charge in [-0.05, 0) is 31.5 Å². The van der Waals surface area contributed by atoms with Crippen LogP contribution < -0.4 is 4.74 Å². The first-order valence-electron chi connectivity index (χ1n) is 7.87. The number of nitrogens with zero attached hydrogens (tertiary/aromatic N) is 2. The number of hydrogen-bond acceptors (Lipinski definition) is 5. The van der Waals surface area contributed by atoms with Gasteiger partial charge >= 0.3 is 5.97 Å². The van der Waals surface area contributed by atoms with Crippen LogP contribution in [0.4, 0.5) is 0 Å². The van der Waals surface area contributed by atoms with Crippen LogP contribution in [0.5, 0.6) is 5.75 Å². The molecule has 0 radical (unpaired) electrons. The molecule has 126 valence electrons. The fourth-order valence-electron chi connectivity index (χ4n) is 2.63. The van der Waals surface area contributed by atoms with Crippen molar-refractivity contribution in [2.75, 3.05) is 46.4 Å². The summed E-state index contributed by atoms with van der Waals surface area (Å²) in [5.74, 6) is 0.506. The summed E-state index contributed by atoms with van der Waals surface area (Å²) in [6.07, 6.45) is 0. The molecule has 2 rings (SSSR count). The molecule has 0 spiro atoms. The van der Waals surface area contributed by atoms with E-state index >= 15 is 0 Å². The minimum Gasteiger partial charge on any atom is -0.496 e. The molecule has 1 aliphatic rings. The van der Waals surface area contributed by atoms with Crippen molar-refractivity contribution in [1.29, 1.82) is 0 Å². The predicted molar refractivity (Wildman–Crippen MR) is 86.7 cm³/mol. The summed E-state index contributed by atoms with van der Waals surface area (Å²) in [5, 5.41) is 0. The molecule has 0 bridgehead atoms. The number of esters is 1. The maximum absolute atomic E-state index is 12.6. The molecule has 1 fully saturated rings. The number of rotatable bonds is 5. The van der Waals surface area contributed by atoms with Crippen molar-refractivity contribution >= 4 is 11.9 Å². The SMILES string of the molecule is CCOC(=O)CN1CCN(C(=O)c2ccc(C)c(OC)c2)CC1. The van der Waals surface area contributed by atoms with Crippen LogP contribution in [-0.2, 0) is 9.53 Å². The van der Waals surface area contributed by atoms with Crippen molar-refractivity contribution in [2.24, 2.45) is 0 Å². The van der Waals surface area contributed by atoms with Crippen molar-refractivity contribution in [3.8, 4) is 5.75 Å². The lowest BCUT2D eigenvalue weighted by molar-refractivity contribution is -0.144. The van der Waals surface area contributed by atoms with E-state index in [2.05, 4.69) is 0 Å². The first kappa shape index (κ1) is 17.3. The number of piperazine rings is 1. The van der Waals surface area contributed by atoms with E-state index in [0.717, 1.165) is 11.3 Å². The Morgan fingerprint density at radius 2 is 1.87 bits per heavy atom. The number of amides is 1. The molecule has 0 saturated carbocycles. The zero-order valence-electron chi connectivity index (χ0n) is 14.0. The molecule has 0 aliphatic carbocycles. The Morgan fingerprint density at radius 3 is 2.48 bits per heavy atom.